The zero-order chi connectivity index (χ0) is 51.3. The van der Waals surface area contributed by atoms with Gasteiger partial charge in [0, 0.05) is 6.42 Å². The Morgan fingerprint density at radius 3 is 1.19 bits per heavy atom. The minimum Gasteiger partial charge on any atom is -0.391 e. The highest BCUT2D eigenvalue weighted by Crippen LogP contribution is 2.43. The van der Waals surface area contributed by atoms with E-state index in [1.54, 1.807) is 0 Å². The summed E-state index contributed by atoms with van der Waals surface area (Å²) in [5, 5.41) is 14.1. The maximum Gasteiger partial charge on any atom is 0.472 e. The van der Waals surface area contributed by atoms with Gasteiger partial charge in [-0.1, -0.05) is 275 Å². The standard InChI is InChI=1S/C61H119N2O6P/c1-6-8-10-12-14-16-18-20-22-24-26-28-30-31-33-34-36-38-40-42-44-46-48-50-52-54-60(64)59(58-69-70(66,67)68-57-56-63(3,4)5)62-61(65)55-53-51-49-47-45-43-41-39-37-35-32-29-27-25-23-21-19-17-15-13-11-9-7-2/h19,21,25,27,32,35,59-60,64H,6-18,20,22-24,26,28-31,33-34,36-58H2,1-5H3,(H-,62,65,66,67)/p+1/b21-19-,27-25-,35-32-. The van der Waals surface area contributed by atoms with E-state index in [1.807, 2.05) is 21.1 Å². The van der Waals surface area contributed by atoms with Crippen LogP contribution in [0.2, 0.25) is 0 Å². The van der Waals surface area contributed by atoms with Crippen molar-refractivity contribution in [2.45, 2.75) is 309 Å². The van der Waals surface area contributed by atoms with Crippen molar-refractivity contribution in [1.82, 2.24) is 5.32 Å². The molecule has 3 unspecified atom stereocenters. The van der Waals surface area contributed by atoms with Gasteiger partial charge in [-0.2, -0.15) is 0 Å². The van der Waals surface area contributed by atoms with E-state index in [9.17, 15) is 19.4 Å². The molecule has 0 aliphatic rings. The van der Waals surface area contributed by atoms with Gasteiger partial charge in [-0.15, -0.1) is 0 Å². The molecule has 0 aliphatic heterocycles. The Labute approximate surface area is 436 Å². The Morgan fingerprint density at radius 1 is 0.486 bits per heavy atom. The summed E-state index contributed by atoms with van der Waals surface area (Å²) in [6, 6.07) is -0.766. The molecule has 8 nitrogen and oxygen atoms in total. The second kappa shape index (κ2) is 52.6. The second-order valence-corrected chi connectivity index (χ2v) is 23.5. The minimum absolute atomic E-state index is 0.0732. The quantitative estimate of drug-likeness (QED) is 0.0243. The summed E-state index contributed by atoms with van der Waals surface area (Å²) in [5.74, 6) is -0.148. The van der Waals surface area contributed by atoms with Gasteiger partial charge in [-0.3, -0.25) is 13.8 Å². The predicted molar refractivity (Wildman–Crippen MR) is 304 cm³/mol. The molecule has 70 heavy (non-hydrogen) atoms. The Bertz CT molecular complexity index is 1230. The summed E-state index contributed by atoms with van der Waals surface area (Å²) in [5.41, 5.74) is 0. The maximum atomic E-state index is 13.0. The summed E-state index contributed by atoms with van der Waals surface area (Å²) < 4.78 is 23.8. The monoisotopic (exact) mass is 1010 g/mol. The molecular weight excluding hydrogens is 888 g/mol. The third kappa shape index (κ3) is 54.5. The Hall–Kier alpha value is -1.28. The number of hydrogen-bond donors (Lipinski definition) is 3. The molecule has 0 aromatic carbocycles. The molecule has 0 fully saturated rings. The van der Waals surface area contributed by atoms with Crippen molar-refractivity contribution in [3.8, 4) is 0 Å². The van der Waals surface area contributed by atoms with Crippen molar-refractivity contribution in [3.63, 3.8) is 0 Å². The summed E-state index contributed by atoms with van der Waals surface area (Å²) in [6.45, 7) is 4.91. The number of aliphatic hydroxyl groups is 1. The minimum atomic E-state index is -4.33. The summed E-state index contributed by atoms with van der Waals surface area (Å²) in [7, 11) is 1.62. The van der Waals surface area contributed by atoms with Crippen LogP contribution < -0.4 is 5.32 Å². The molecule has 0 radical (unpaired) electrons. The van der Waals surface area contributed by atoms with Crippen molar-refractivity contribution < 1.29 is 32.9 Å². The average Bonchev–Trinajstić information content (AvgIpc) is 3.32. The molecule has 3 N–H and O–H groups in total. The summed E-state index contributed by atoms with van der Waals surface area (Å²) in [6.07, 6.45) is 67.7. The zero-order valence-corrected chi connectivity index (χ0v) is 48.2. The molecule has 9 heteroatoms. The van der Waals surface area contributed by atoms with Gasteiger partial charge in [0.05, 0.1) is 39.9 Å². The lowest BCUT2D eigenvalue weighted by molar-refractivity contribution is -0.870. The van der Waals surface area contributed by atoms with E-state index in [-0.39, 0.29) is 19.1 Å². The van der Waals surface area contributed by atoms with E-state index in [2.05, 4.69) is 55.6 Å². The Balaban J connectivity index is 4.15. The third-order valence-electron chi connectivity index (χ3n) is 13.9. The fourth-order valence-electron chi connectivity index (χ4n) is 9.12. The molecule has 0 heterocycles. The van der Waals surface area contributed by atoms with Gasteiger partial charge in [0.25, 0.3) is 0 Å². The highest BCUT2D eigenvalue weighted by molar-refractivity contribution is 7.47. The highest BCUT2D eigenvalue weighted by atomic mass is 31.2. The van der Waals surface area contributed by atoms with Crippen LogP contribution in [0.5, 0.6) is 0 Å². The van der Waals surface area contributed by atoms with Crippen LogP contribution in [0.15, 0.2) is 36.5 Å². The van der Waals surface area contributed by atoms with Crippen LogP contribution in [-0.4, -0.2) is 73.4 Å². The van der Waals surface area contributed by atoms with Crippen LogP contribution >= 0.6 is 7.82 Å². The largest absolute Gasteiger partial charge is 0.472 e. The number of nitrogens with one attached hydrogen (secondary N) is 1. The molecule has 0 saturated carbocycles. The van der Waals surface area contributed by atoms with Gasteiger partial charge in [0.15, 0.2) is 0 Å². The molecule has 0 bridgehead atoms. The van der Waals surface area contributed by atoms with E-state index >= 15 is 0 Å². The zero-order valence-electron chi connectivity index (χ0n) is 47.3. The lowest BCUT2D eigenvalue weighted by atomic mass is 10.0. The van der Waals surface area contributed by atoms with Gasteiger partial charge in [0.2, 0.25) is 5.91 Å². The van der Waals surface area contributed by atoms with Crippen LogP contribution in [0, 0.1) is 0 Å². The number of quaternary nitrogens is 1. The molecule has 3 atom stereocenters. The van der Waals surface area contributed by atoms with E-state index in [0.29, 0.717) is 23.9 Å². The topological polar surface area (TPSA) is 105 Å². The van der Waals surface area contributed by atoms with Crippen molar-refractivity contribution >= 4 is 13.7 Å². The molecule has 0 aromatic heterocycles. The van der Waals surface area contributed by atoms with E-state index < -0.39 is 20.0 Å². The maximum absolute atomic E-state index is 13.0. The average molecular weight is 1010 g/mol. The number of unbranched alkanes of at least 4 members (excludes halogenated alkanes) is 37. The fraction of sp³-hybridized carbons (Fsp3) is 0.885. The molecular formula is C61H120N2O6P+. The fourth-order valence-corrected chi connectivity index (χ4v) is 9.85. The number of nitrogens with zero attached hydrogens (tertiary/aromatic N) is 1. The first-order valence-corrected chi connectivity index (χ1v) is 31.8. The van der Waals surface area contributed by atoms with Crippen LogP contribution in [0.25, 0.3) is 0 Å². The number of hydrogen-bond acceptors (Lipinski definition) is 5. The predicted octanol–water partition coefficient (Wildman–Crippen LogP) is 18.5. The van der Waals surface area contributed by atoms with Crippen LogP contribution in [0.3, 0.4) is 0 Å². The molecule has 0 saturated heterocycles. The number of phosphoric ester groups is 1. The number of allylic oxidation sites excluding steroid dienone is 6. The number of carbonyl (C=O) groups is 1. The van der Waals surface area contributed by atoms with Crippen LogP contribution in [0.4, 0.5) is 0 Å². The number of aliphatic hydroxyl groups excluding tert-OH is 1. The number of amides is 1. The summed E-state index contributed by atoms with van der Waals surface area (Å²) >= 11 is 0. The van der Waals surface area contributed by atoms with E-state index in [1.165, 1.54) is 212 Å². The van der Waals surface area contributed by atoms with Crippen molar-refractivity contribution in [2.75, 3.05) is 40.9 Å². The van der Waals surface area contributed by atoms with Crippen molar-refractivity contribution in [3.05, 3.63) is 36.5 Å². The van der Waals surface area contributed by atoms with Gasteiger partial charge in [0.1, 0.15) is 13.2 Å². The van der Waals surface area contributed by atoms with Crippen molar-refractivity contribution in [1.29, 1.82) is 0 Å². The van der Waals surface area contributed by atoms with Gasteiger partial charge < -0.3 is 19.8 Å². The number of likely N-dealkylation sites (N-methyl/N-ethyl adjacent to an activating group) is 1. The first-order valence-electron chi connectivity index (χ1n) is 30.4. The molecule has 0 spiro atoms. The van der Waals surface area contributed by atoms with E-state index in [4.69, 9.17) is 9.05 Å². The van der Waals surface area contributed by atoms with E-state index in [0.717, 1.165) is 57.8 Å². The molecule has 1 amide bonds. The van der Waals surface area contributed by atoms with Crippen LogP contribution in [0.1, 0.15) is 296 Å². The Kier molecular flexibility index (Phi) is 51.6. The Morgan fingerprint density at radius 2 is 0.814 bits per heavy atom. The first-order chi connectivity index (χ1) is 34.0. The lowest BCUT2D eigenvalue weighted by Gasteiger charge is -2.26. The molecule has 0 aliphatic carbocycles. The highest BCUT2D eigenvalue weighted by Gasteiger charge is 2.28. The summed E-state index contributed by atoms with van der Waals surface area (Å²) in [4.78, 5) is 23.4. The van der Waals surface area contributed by atoms with Gasteiger partial charge >= 0.3 is 7.82 Å². The van der Waals surface area contributed by atoms with Crippen molar-refractivity contribution in [2.24, 2.45) is 0 Å². The molecule has 414 valence electrons. The third-order valence-corrected chi connectivity index (χ3v) is 14.9. The normalized spacial score (nSPS) is 14.1. The second-order valence-electron chi connectivity index (χ2n) is 22.1. The number of rotatable bonds is 56. The number of carbonyl (C=O) groups excluding carboxylic acids is 1. The van der Waals surface area contributed by atoms with Crippen LogP contribution in [-0.2, 0) is 18.4 Å². The lowest BCUT2D eigenvalue weighted by Crippen LogP contribution is -2.46. The van der Waals surface area contributed by atoms with Gasteiger partial charge in [-0.25, -0.2) is 4.57 Å². The molecule has 0 rings (SSSR count). The number of phosphoric acid groups is 1. The van der Waals surface area contributed by atoms with Gasteiger partial charge in [-0.05, 0) is 51.4 Å². The SMILES string of the molecule is CCCCCCC/C=C\C/C=C\C/C=C\CCCCCCCCCCC(=O)NC(COP(=O)(O)OCC[N+](C)(C)C)C(O)CCCCCCCCCCCCCCCCCCCCCCCCCCC. The first kappa shape index (κ1) is 68.7. The molecule has 0 aromatic rings. The smallest absolute Gasteiger partial charge is 0.391 e.